The van der Waals surface area contributed by atoms with Gasteiger partial charge < -0.3 is 4.74 Å². The lowest BCUT2D eigenvalue weighted by molar-refractivity contribution is -0.121. The number of thiophene rings is 1. The van der Waals surface area contributed by atoms with E-state index >= 15 is 0 Å². The molecule has 0 atom stereocenters. The maximum atomic E-state index is 12.0. The van der Waals surface area contributed by atoms with Crippen molar-refractivity contribution in [1.29, 1.82) is 0 Å². The molecule has 3 nitrogen and oxygen atoms in total. The van der Waals surface area contributed by atoms with Crippen LogP contribution in [0.2, 0.25) is 0 Å². The van der Waals surface area contributed by atoms with Crippen LogP contribution in [0.5, 0.6) is 5.75 Å². The average Bonchev–Trinajstić information content (AvgIpc) is 3.09. The monoisotopic (exact) mass is 347 g/mol. The molecule has 0 N–H and O–H groups in total. The summed E-state index contributed by atoms with van der Waals surface area (Å²) < 4.78 is 5.77. The van der Waals surface area contributed by atoms with Gasteiger partial charge in [0.2, 0.25) is 0 Å². The fourth-order valence-corrected chi connectivity index (χ4v) is 4.22. The molecule has 1 aliphatic heterocycles. The predicted molar refractivity (Wildman–Crippen MR) is 97.2 cm³/mol. The number of amides is 1. The summed E-state index contributed by atoms with van der Waals surface area (Å²) in [6.07, 6.45) is 1.90. The van der Waals surface area contributed by atoms with E-state index in [1.807, 2.05) is 36.4 Å². The average molecular weight is 347 g/mol. The molecule has 0 spiro atoms. The van der Waals surface area contributed by atoms with Gasteiger partial charge in [0.1, 0.15) is 10.1 Å². The van der Waals surface area contributed by atoms with Gasteiger partial charge in [-0.3, -0.25) is 9.69 Å². The Hall–Kier alpha value is -1.63. The highest BCUT2D eigenvalue weighted by molar-refractivity contribution is 8.26. The summed E-state index contributed by atoms with van der Waals surface area (Å²) >= 11 is 8.13. The van der Waals surface area contributed by atoms with Crippen molar-refractivity contribution in [3.63, 3.8) is 0 Å². The molecular formula is C16H13NO2S3. The second-order valence-electron chi connectivity index (χ2n) is 4.67. The lowest BCUT2D eigenvalue weighted by atomic mass is 10.2. The van der Waals surface area contributed by atoms with E-state index in [9.17, 15) is 4.79 Å². The lowest BCUT2D eigenvalue weighted by Gasteiger charge is -2.03. The largest absolute Gasteiger partial charge is 0.497 e. The van der Waals surface area contributed by atoms with Crippen LogP contribution < -0.4 is 4.74 Å². The Morgan fingerprint density at radius 2 is 1.91 bits per heavy atom. The fourth-order valence-electron chi connectivity index (χ4n) is 2.02. The maximum Gasteiger partial charge on any atom is 0.265 e. The van der Waals surface area contributed by atoms with Crippen LogP contribution in [0.3, 0.4) is 0 Å². The predicted octanol–water partition coefficient (Wildman–Crippen LogP) is 4.25. The minimum atomic E-state index is -0.0330. The van der Waals surface area contributed by atoms with Crippen LogP contribution in [-0.4, -0.2) is 29.3 Å². The smallest absolute Gasteiger partial charge is 0.265 e. The molecule has 1 aliphatic rings. The van der Waals surface area contributed by atoms with Gasteiger partial charge in [-0.15, -0.1) is 11.3 Å². The maximum absolute atomic E-state index is 12.0. The molecule has 6 heteroatoms. The van der Waals surface area contributed by atoms with E-state index in [1.165, 1.54) is 16.7 Å². The van der Waals surface area contributed by atoms with Crippen LogP contribution in [0, 0.1) is 0 Å². The summed E-state index contributed by atoms with van der Waals surface area (Å²) in [4.78, 5) is 16.4. The molecule has 0 aliphatic carbocycles. The third-order valence-electron chi connectivity index (χ3n) is 3.26. The highest BCUT2D eigenvalue weighted by Crippen LogP contribution is 2.35. The van der Waals surface area contributed by atoms with Crippen molar-refractivity contribution in [2.75, 3.05) is 14.2 Å². The number of carbonyl (C=O) groups is 1. The van der Waals surface area contributed by atoms with Crippen molar-refractivity contribution in [1.82, 2.24) is 4.90 Å². The number of likely N-dealkylation sites (N-methyl/N-ethyl adjacent to an activating group) is 1. The Kier molecular flexibility index (Phi) is 4.33. The van der Waals surface area contributed by atoms with Crippen LogP contribution in [0.25, 0.3) is 16.5 Å². The van der Waals surface area contributed by atoms with Gasteiger partial charge in [-0.05, 0) is 48.0 Å². The number of hydrogen-bond donors (Lipinski definition) is 0. The lowest BCUT2D eigenvalue weighted by Crippen LogP contribution is -2.22. The summed E-state index contributed by atoms with van der Waals surface area (Å²) in [5.41, 5.74) is 1.13. The molecule has 2 heterocycles. The van der Waals surface area contributed by atoms with Crippen LogP contribution >= 0.6 is 35.3 Å². The Morgan fingerprint density at radius 1 is 1.18 bits per heavy atom. The Balaban J connectivity index is 1.85. The van der Waals surface area contributed by atoms with Crippen molar-refractivity contribution in [2.24, 2.45) is 0 Å². The van der Waals surface area contributed by atoms with Gasteiger partial charge in [0.15, 0.2) is 0 Å². The second-order valence-corrected chi connectivity index (χ2v) is 7.46. The van der Waals surface area contributed by atoms with E-state index in [1.54, 1.807) is 25.5 Å². The molecule has 0 saturated carbocycles. The zero-order valence-electron chi connectivity index (χ0n) is 12.0. The van der Waals surface area contributed by atoms with E-state index in [0.717, 1.165) is 21.1 Å². The molecular weight excluding hydrogens is 334 g/mol. The third kappa shape index (κ3) is 2.95. The van der Waals surface area contributed by atoms with Crippen molar-refractivity contribution in [2.45, 2.75) is 0 Å². The Morgan fingerprint density at radius 3 is 2.50 bits per heavy atom. The number of methoxy groups -OCH3 is 1. The Bertz CT molecular complexity index is 762. The van der Waals surface area contributed by atoms with Crippen LogP contribution in [0.4, 0.5) is 0 Å². The molecule has 1 aromatic carbocycles. The second kappa shape index (κ2) is 6.24. The molecule has 112 valence electrons. The summed E-state index contributed by atoms with van der Waals surface area (Å²) in [6, 6.07) is 12.0. The van der Waals surface area contributed by atoms with E-state index in [0.29, 0.717) is 9.23 Å². The molecule has 0 unspecified atom stereocenters. The zero-order chi connectivity index (χ0) is 15.7. The van der Waals surface area contributed by atoms with Gasteiger partial charge in [-0.2, -0.15) is 0 Å². The van der Waals surface area contributed by atoms with Crippen LogP contribution in [0.1, 0.15) is 4.88 Å². The third-order valence-corrected chi connectivity index (χ3v) is 5.83. The molecule has 1 aromatic heterocycles. The first-order chi connectivity index (χ1) is 10.6. The quantitative estimate of drug-likeness (QED) is 0.613. The molecule has 0 bridgehead atoms. The van der Waals surface area contributed by atoms with Crippen molar-refractivity contribution < 1.29 is 9.53 Å². The SMILES string of the molecule is COc1ccc(-c2ccc(C=C3SC(=S)N(C)C3=O)s2)cc1. The summed E-state index contributed by atoms with van der Waals surface area (Å²) in [6.45, 7) is 0. The molecule has 22 heavy (non-hydrogen) atoms. The molecule has 1 saturated heterocycles. The van der Waals surface area contributed by atoms with E-state index in [2.05, 4.69) is 6.07 Å². The van der Waals surface area contributed by atoms with Gasteiger partial charge in [0, 0.05) is 16.8 Å². The highest BCUT2D eigenvalue weighted by atomic mass is 32.2. The normalized spacial score (nSPS) is 16.6. The molecule has 0 radical (unpaired) electrons. The standard InChI is InChI=1S/C16H13NO2S3/c1-17-15(18)14(22-16(17)20)9-12-7-8-13(21-12)10-3-5-11(19-2)6-4-10/h3-9H,1-2H3. The number of thioether (sulfide) groups is 1. The molecule has 1 amide bonds. The summed E-state index contributed by atoms with van der Waals surface area (Å²) in [7, 11) is 3.36. The Labute approximate surface area is 142 Å². The van der Waals surface area contributed by atoms with Crippen molar-refractivity contribution in [3.05, 3.63) is 46.2 Å². The number of nitrogens with zero attached hydrogens (tertiary/aromatic N) is 1. The topological polar surface area (TPSA) is 29.5 Å². The van der Waals surface area contributed by atoms with E-state index in [-0.39, 0.29) is 5.91 Å². The molecule has 2 aromatic rings. The van der Waals surface area contributed by atoms with Gasteiger partial charge >= 0.3 is 0 Å². The summed E-state index contributed by atoms with van der Waals surface area (Å²) in [5.74, 6) is 0.807. The van der Waals surface area contributed by atoms with Crippen LogP contribution in [-0.2, 0) is 4.79 Å². The first-order valence-electron chi connectivity index (χ1n) is 6.54. The van der Waals surface area contributed by atoms with Gasteiger partial charge in [-0.25, -0.2) is 0 Å². The highest BCUT2D eigenvalue weighted by Gasteiger charge is 2.28. The first-order valence-corrected chi connectivity index (χ1v) is 8.58. The number of ether oxygens (including phenoxy) is 1. The number of benzene rings is 1. The zero-order valence-corrected chi connectivity index (χ0v) is 14.5. The van der Waals surface area contributed by atoms with E-state index in [4.69, 9.17) is 17.0 Å². The van der Waals surface area contributed by atoms with Crippen LogP contribution in [0.15, 0.2) is 41.3 Å². The molecule has 3 rings (SSSR count). The number of hydrogen-bond acceptors (Lipinski definition) is 5. The molecule has 1 fully saturated rings. The minimum absolute atomic E-state index is 0.0330. The van der Waals surface area contributed by atoms with Crippen molar-refractivity contribution in [3.8, 4) is 16.2 Å². The van der Waals surface area contributed by atoms with Crippen molar-refractivity contribution >= 4 is 51.6 Å². The van der Waals surface area contributed by atoms with E-state index < -0.39 is 0 Å². The summed E-state index contributed by atoms with van der Waals surface area (Å²) in [5, 5.41) is 0. The minimum Gasteiger partial charge on any atom is -0.497 e. The number of carbonyl (C=O) groups excluding carboxylic acids is 1. The first kappa shape index (κ1) is 15.3. The van der Waals surface area contributed by atoms with Gasteiger partial charge in [0.25, 0.3) is 5.91 Å². The fraction of sp³-hybridized carbons (Fsp3) is 0.125. The number of thiocarbonyl (C=S) groups is 1. The van der Waals surface area contributed by atoms with Gasteiger partial charge in [0.05, 0.1) is 12.0 Å². The number of rotatable bonds is 3. The van der Waals surface area contributed by atoms with Gasteiger partial charge in [-0.1, -0.05) is 24.0 Å².